The number of nitrogens with one attached hydrogen (secondary N) is 3. The first-order valence-corrected chi connectivity index (χ1v) is 11.2. The summed E-state index contributed by atoms with van der Waals surface area (Å²) < 4.78 is 0. The minimum Gasteiger partial charge on any atom is -0.353 e. The van der Waals surface area contributed by atoms with Gasteiger partial charge in [0.1, 0.15) is 0 Å². The number of piperazine rings is 1. The lowest BCUT2D eigenvalue weighted by Gasteiger charge is -2.37. The number of rotatable bonds is 7. The SMILES string of the molecule is O=C(CCC1CNC(=O)C2CC(NC(=O)c3cccs3)CN12)NCc1ccccc1. The molecule has 30 heavy (non-hydrogen) atoms. The zero-order valence-corrected chi connectivity index (χ0v) is 17.5. The Morgan fingerprint density at radius 3 is 2.77 bits per heavy atom. The lowest BCUT2D eigenvalue weighted by atomic mass is 10.0. The van der Waals surface area contributed by atoms with Crippen LogP contribution in [0, 0.1) is 0 Å². The van der Waals surface area contributed by atoms with Crippen LogP contribution in [-0.2, 0) is 16.1 Å². The minimum absolute atomic E-state index is 0.00708. The predicted octanol–water partition coefficient (Wildman–Crippen LogP) is 1.52. The van der Waals surface area contributed by atoms with Crippen molar-refractivity contribution in [3.05, 3.63) is 58.3 Å². The topological polar surface area (TPSA) is 90.5 Å². The number of fused-ring (bicyclic) bond motifs is 1. The van der Waals surface area contributed by atoms with Crippen molar-refractivity contribution in [1.29, 1.82) is 0 Å². The highest BCUT2D eigenvalue weighted by atomic mass is 32.1. The van der Waals surface area contributed by atoms with Gasteiger partial charge < -0.3 is 16.0 Å². The van der Waals surface area contributed by atoms with Crippen molar-refractivity contribution in [2.75, 3.05) is 13.1 Å². The third kappa shape index (κ3) is 4.88. The van der Waals surface area contributed by atoms with Crippen LogP contribution < -0.4 is 16.0 Å². The Balaban J connectivity index is 1.28. The van der Waals surface area contributed by atoms with Crippen LogP contribution in [0.25, 0.3) is 0 Å². The molecule has 1 aromatic carbocycles. The van der Waals surface area contributed by atoms with Gasteiger partial charge in [-0.3, -0.25) is 19.3 Å². The van der Waals surface area contributed by atoms with E-state index in [-0.39, 0.29) is 35.8 Å². The highest BCUT2D eigenvalue weighted by Gasteiger charge is 2.43. The summed E-state index contributed by atoms with van der Waals surface area (Å²) in [7, 11) is 0. The number of hydrogen-bond acceptors (Lipinski definition) is 5. The Labute approximate surface area is 179 Å². The van der Waals surface area contributed by atoms with E-state index < -0.39 is 0 Å². The lowest BCUT2D eigenvalue weighted by Crippen LogP contribution is -2.58. The molecule has 3 atom stereocenters. The predicted molar refractivity (Wildman–Crippen MR) is 115 cm³/mol. The highest BCUT2D eigenvalue weighted by Crippen LogP contribution is 2.26. The van der Waals surface area contributed by atoms with Crippen LogP contribution in [0.3, 0.4) is 0 Å². The number of nitrogens with zero attached hydrogens (tertiary/aromatic N) is 1. The molecule has 2 aliphatic rings. The standard InChI is InChI=1S/C22H26N4O3S/c27-20(23-12-15-5-2-1-3-6-15)9-8-17-13-24-21(28)18-11-16(14-26(17)18)25-22(29)19-7-4-10-30-19/h1-7,10,16-18H,8-9,11-14H2,(H,23,27)(H,24,28)(H,25,29). The average molecular weight is 427 g/mol. The molecule has 3 N–H and O–H groups in total. The number of hydrogen-bond donors (Lipinski definition) is 3. The summed E-state index contributed by atoms with van der Waals surface area (Å²) in [5, 5.41) is 10.8. The summed E-state index contributed by atoms with van der Waals surface area (Å²) in [5.41, 5.74) is 1.07. The third-order valence-corrected chi connectivity index (χ3v) is 6.61. The second-order valence-corrected chi connectivity index (χ2v) is 8.74. The second-order valence-electron chi connectivity index (χ2n) is 7.80. The van der Waals surface area contributed by atoms with Crippen molar-refractivity contribution in [3.8, 4) is 0 Å². The summed E-state index contributed by atoms with van der Waals surface area (Å²) in [4.78, 5) is 39.8. The van der Waals surface area contributed by atoms with E-state index in [0.717, 1.165) is 5.56 Å². The van der Waals surface area contributed by atoms with Gasteiger partial charge in [-0.15, -0.1) is 11.3 Å². The molecule has 4 rings (SSSR count). The zero-order valence-electron chi connectivity index (χ0n) is 16.7. The van der Waals surface area contributed by atoms with E-state index in [4.69, 9.17) is 0 Å². The van der Waals surface area contributed by atoms with Gasteiger partial charge >= 0.3 is 0 Å². The molecule has 0 spiro atoms. The Kier molecular flexibility index (Phi) is 6.44. The maximum atomic E-state index is 12.4. The van der Waals surface area contributed by atoms with Crippen molar-refractivity contribution in [3.63, 3.8) is 0 Å². The van der Waals surface area contributed by atoms with Gasteiger partial charge in [0.25, 0.3) is 5.91 Å². The van der Waals surface area contributed by atoms with Crippen molar-refractivity contribution < 1.29 is 14.4 Å². The van der Waals surface area contributed by atoms with Gasteiger partial charge in [0.2, 0.25) is 11.8 Å². The van der Waals surface area contributed by atoms with E-state index in [1.165, 1.54) is 11.3 Å². The molecule has 8 heteroatoms. The fourth-order valence-electron chi connectivity index (χ4n) is 4.20. The van der Waals surface area contributed by atoms with Crippen molar-refractivity contribution in [1.82, 2.24) is 20.9 Å². The number of thiophene rings is 1. The molecular weight excluding hydrogens is 400 g/mol. The lowest BCUT2D eigenvalue weighted by molar-refractivity contribution is -0.129. The maximum Gasteiger partial charge on any atom is 0.261 e. The number of benzene rings is 1. The van der Waals surface area contributed by atoms with Crippen LogP contribution in [0.5, 0.6) is 0 Å². The van der Waals surface area contributed by atoms with Gasteiger partial charge in [0.05, 0.1) is 10.9 Å². The molecule has 2 fully saturated rings. The molecule has 1 aromatic heterocycles. The minimum atomic E-state index is -0.246. The van der Waals surface area contributed by atoms with Gasteiger partial charge in [-0.2, -0.15) is 0 Å². The van der Waals surface area contributed by atoms with Crippen LogP contribution >= 0.6 is 11.3 Å². The highest BCUT2D eigenvalue weighted by molar-refractivity contribution is 7.12. The van der Waals surface area contributed by atoms with Crippen LogP contribution in [0.1, 0.15) is 34.5 Å². The van der Waals surface area contributed by atoms with Crippen molar-refractivity contribution in [2.45, 2.75) is 43.9 Å². The summed E-state index contributed by atoms with van der Waals surface area (Å²) in [6, 6.07) is 13.3. The largest absolute Gasteiger partial charge is 0.353 e. The Bertz CT molecular complexity index is 887. The number of carbonyl (C=O) groups is 3. The first-order valence-electron chi connectivity index (χ1n) is 10.3. The van der Waals surface area contributed by atoms with Gasteiger partial charge in [-0.05, 0) is 29.9 Å². The quantitative estimate of drug-likeness (QED) is 0.626. The normalized spacial score (nSPS) is 23.5. The van der Waals surface area contributed by atoms with Gasteiger partial charge in [0, 0.05) is 38.1 Å². The average Bonchev–Trinajstić information content (AvgIpc) is 3.43. The van der Waals surface area contributed by atoms with E-state index >= 15 is 0 Å². The summed E-state index contributed by atoms with van der Waals surface area (Å²) >= 11 is 1.41. The molecule has 2 aromatic rings. The summed E-state index contributed by atoms with van der Waals surface area (Å²) in [5.74, 6) is -0.0752. The van der Waals surface area contributed by atoms with Gasteiger partial charge in [0.15, 0.2) is 0 Å². The van der Waals surface area contributed by atoms with Crippen LogP contribution in [-0.4, -0.2) is 53.8 Å². The molecule has 158 valence electrons. The fourth-order valence-corrected chi connectivity index (χ4v) is 4.82. The Morgan fingerprint density at radius 1 is 1.17 bits per heavy atom. The van der Waals surface area contributed by atoms with Crippen LogP contribution in [0.15, 0.2) is 47.8 Å². The van der Waals surface area contributed by atoms with Crippen LogP contribution in [0.2, 0.25) is 0 Å². The molecule has 0 saturated carbocycles. The molecular formula is C22H26N4O3S. The third-order valence-electron chi connectivity index (χ3n) is 5.74. The first-order chi connectivity index (χ1) is 14.6. The van der Waals surface area contributed by atoms with Crippen molar-refractivity contribution >= 4 is 29.1 Å². The molecule has 0 aliphatic carbocycles. The van der Waals surface area contributed by atoms with E-state index in [1.54, 1.807) is 6.07 Å². The monoisotopic (exact) mass is 426 g/mol. The molecule has 2 saturated heterocycles. The smallest absolute Gasteiger partial charge is 0.261 e. The van der Waals surface area contributed by atoms with Gasteiger partial charge in [-0.25, -0.2) is 0 Å². The first kappa shape index (κ1) is 20.6. The number of carbonyl (C=O) groups excluding carboxylic acids is 3. The molecule has 7 nitrogen and oxygen atoms in total. The zero-order chi connectivity index (χ0) is 20.9. The van der Waals surface area contributed by atoms with E-state index in [2.05, 4.69) is 20.9 Å². The molecule has 0 radical (unpaired) electrons. The summed E-state index contributed by atoms with van der Waals surface area (Å²) in [6.07, 6.45) is 1.67. The maximum absolute atomic E-state index is 12.4. The van der Waals surface area contributed by atoms with Gasteiger partial charge in [-0.1, -0.05) is 36.4 Å². The van der Waals surface area contributed by atoms with Crippen LogP contribution in [0.4, 0.5) is 0 Å². The molecule has 3 amide bonds. The van der Waals surface area contributed by atoms with E-state index in [1.807, 2.05) is 41.8 Å². The molecule has 0 bridgehead atoms. The Morgan fingerprint density at radius 2 is 2.00 bits per heavy atom. The Hall–Kier alpha value is -2.71. The van der Waals surface area contributed by atoms with E-state index in [9.17, 15) is 14.4 Å². The fraction of sp³-hybridized carbons (Fsp3) is 0.409. The number of amides is 3. The van der Waals surface area contributed by atoms with Crippen molar-refractivity contribution in [2.24, 2.45) is 0 Å². The molecule has 3 heterocycles. The molecule has 2 aliphatic heterocycles. The van der Waals surface area contributed by atoms with E-state index in [0.29, 0.717) is 43.8 Å². The molecule has 3 unspecified atom stereocenters. The second kappa shape index (κ2) is 9.40. The summed E-state index contributed by atoms with van der Waals surface area (Å²) in [6.45, 7) is 1.68.